The Morgan fingerprint density at radius 2 is 1.79 bits per heavy atom. The van der Waals surface area contributed by atoms with Gasteiger partial charge in [-0.2, -0.15) is 0 Å². The van der Waals surface area contributed by atoms with E-state index in [1.807, 2.05) is 25.1 Å². The third-order valence-electron chi connectivity index (χ3n) is 6.97. The molecule has 1 heterocycles. The summed E-state index contributed by atoms with van der Waals surface area (Å²) in [7, 11) is -2.07. The zero-order valence-corrected chi connectivity index (χ0v) is 24.1. The summed E-state index contributed by atoms with van der Waals surface area (Å²) in [4.78, 5) is 15.8. The van der Waals surface area contributed by atoms with Gasteiger partial charge >= 0.3 is 0 Å². The molecule has 8 heteroatoms. The Kier molecular flexibility index (Phi) is 8.20. The fourth-order valence-corrected chi connectivity index (χ4v) is 5.79. The first kappa shape index (κ1) is 27.1. The lowest BCUT2D eigenvalue weighted by atomic mass is 10.0. The Balaban J connectivity index is 1.80. The molecule has 2 aromatic rings. The quantitative estimate of drug-likeness (QED) is 0.298. The molecular formula is C26H34Cl2N2O2SSi. The minimum atomic E-state index is -2.07. The second kappa shape index (κ2) is 10.3. The van der Waals surface area contributed by atoms with Gasteiger partial charge in [-0.15, -0.1) is 0 Å². The van der Waals surface area contributed by atoms with Crippen LogP contribution < -0.4 is 5.32 Å². The van der Waals surface area contributed by atoms with Crippen molar-refractivity contribution in [1.82, 2.24) is 10.2 Å². The third kappa shape index (κ3) is 6.21. The first-order valence-corrected chi connectivity index (χ1v) is 15.6. The largest absolute Gasteiger partial charge is 0.408 e. The maximum atomic E-state index is 12.9. The Morgan fingerprint density at radius 3 is 2.38 bits per heavy atom. The fraction of sp³-hybridized carbons (Fsp3) is 0.462. The van der Waals surface area contributed by atoms with E-state index in [0.717, 1.165) is 18.5 Å². The van der Waals surface area contributed by atoms with E-state index in [4.69, 9.17) is 39.8 Å². The molecule has 4 nitrogen and oxygen atoms in total. The number of nitrogens with one attached hydrogen (secondary N) is 1. The van der Waals surface area contributed by atoms with E-state index in [1.165, 1.54) is 0 Å². The van der Waals surface area contributed by atoms with Crippen molar-refractivity contribution in [2.45, 2.75) is 63.9 Å². The molecule has 1 aliphatic rings. The third-order valence-corrected chi connectivity index (χ3v) is 12.6. The molecular weight excluding hydrogens is 503 g/mol. The van der Waals surface area contributed by atoms with Crippen molar-refractivity contribution in [3.63, 3.8) is 0 Å². The Morgan fingerprint density at radius 1 is 1.18 bits per heavy atom. The number of hydrogen-bond donors (Lipinski definition) is 1. The molecule has 1 amide bonds. The van der Waals surface area contributed by atoms with Crippen molar-refractivity contribution < 1.29 is 9.22 Å². The maximum Gasteiger partial charge on any atom is 0.252 e. The van der Waals surface area contributed by atoms with Gasteiger partial charge in [0, 0.05) is 28.7 Å². The molecule has 2 atom stereocenters. The number of thiocarbonyl (C=S) groups is 1. The lowest BCUT2D eigenvalue weighted by Gasteiger charge is -2.40. The summed E-state index contributed by atoms with van der Waals surface area (Å²) < 4.78 is 6.86. The molecule has 1 N–H and O–H groups in total. The lowest BCUT2D eigenvalue weighted by Crippen LogP contribution is -2.51. The first-order chi connectivity index (χ1) is 15.7. The van der Waals surface area contributed by atoms with Gasteiger partial charge in [-0.25, -0.2) is 0 Å². The maximum absolute atomic E-state index is 12.9. The van der Waals surface area contributed by atoms with Gasteiger partial charge in [0.15, 0.2) is 8.32 Å². The van der Waals surface area contributed by atoms with Gasteiger partial charge in [0.1, 0.15) is 4.99 Å². The van der Waals surface area contributed by atoms with Gasteiger partial charge in [-0.1, -0.05) is 74.4 Å². The van der Waals surface area contributed by atoms with Crippen LogP contribution in [0, 0.1) is 0 Å². The van der Waals surface area contributed by atoms with Crippen molar-refractivity contribution in [2.24, 2.45) is 0 Å². The minimum absolute atomic E-state index is 0.0643. The van der Waals surface area contributed by atoms with Crippen molar-refractivity contribution >= 4 is 54.6 Å². The van der Waals surface area contributed by atoms with Gasteiger partial charge < -0.3 is 14.6 Å². The number of carbonyl (C=O) groups excluding carboxylic acids is 1. The molecule has 184 valence electrons. The molecule has 1 saturated heterocycles. The number of carbonyl (C=O) groups is 1. The second-order valence-corrected chi connectivity index (χ2v) is 16.7. The predicted octanol–water partition coefficient (Wildman–Crippen LogP) is 7.28. The molecule has 34 heavy (non-hydrogen) atoms. The van der Waals surface area contributed by atoms with Crippen molar-refractivity contribution in [2.75, 3.05) is 13.1 Å². The molecule has 0 bridgehead atoms. The van der Waals surface area contributed by atoms with Gasteiger partial charge in [0.05, 0.1) is 11.6 Å². The smallest absolute Gasteiger partial charge is 0.252 e. The van der Waals surface area contributed by atoms with Crippen LogP contribution in [-0.2, 0) is 4.43 Å². The van der Waals surface area contributed by atoms with E-state index in [0.29, 0.717) is 27.1 Å². The predicted molar refractivity (Wildman–Crippen MR) is 149 cm³/mol. The molecule has 0 radical (unpaired) electrons. The zero-order chi connectivity index (χ0) is 25.3. The van der Waals surface area contributed by atoms with Crippen LogP contribution in [0.4, 0.5) is 0 Å². The van der Waals surface area contributed by atoms with Gasteiger partial charge in [-0.3, -0.25) is 4.79 Å². The molecule has 0 spiro atoms. The van der Waals surface area contributed by atoms with Crippen molar-refractivity contribution in [3.05, 3.63) is 69.7 Å². The van der Waals surface area contributed by atoms with Gasteiger partial charge in [-0.05, 0) is 67.4 Å². The Hall–Kier alpha value is -1.44. The van der Waals surface area contributed by atoms with E-state index in [1.54, 1.807) is 24.3 Å². The average Bonchev–Trinajstić information content (AvgIpc) is 3.00. The number of likely N-dealkylation sites (tertiary alicyclic amines) is 1. The summed E-state index contributed by atoms with van der Waals surface area (Å²) in [5.74, 6) is -0.182. The normalized spacial score (nSPS) is 19.9. The molecule has 1 fully saturated rings. The van der Waals surface area contributed by atoms with Crippen molar-refractivity contribution in [3.8, 4) is 0 Å². The summed E-state index contributed by atoms with van der Waals surface area (Å²) in [6, 6.07) is 14.8. The standard InChI is InChI=1S/C26H34Cl2N2O2SSi/c1-25(2,3)34(5,6)32-22(18-9-7-11-20(27)15-18)17-30-14-13-26(4,24(30)33)29-23(31)19-10-8-12-21(28)16-19/h7-12,15-16,22H,13-14,17H2,1-6H3,(H,29,31). The first-order valence-electron chi connectivity index (χ1n) is 11.5. The summed E-state index contributed by atoms with van der Waals surface area (Å²) in [6.45, 7) is 14.5. The molecule has 2 aromatic carbocycles. The van der Waals surface area contributed by atoms with Crippen LogP contribution in [0.1, 0.15) is 56.1 Å². The number of rotatable bonds is 7. The average molecular weight is 538 g/mol. The van der Waals surface area contributed by atoms with Crippen LogP contribution in [-0.4, -0.2) is 42.7 Å². The Bertz CT molecular complexity index is 1070. The highest BCUT2D eigenvalue weighted by Gasteiger charge is 2.44. The molecule has 0 aliphatic carbocycles. The lowest BCUT2D eigenvalue weighted by molar-refractivity contribution is 0.0928. The molecule has 0 aromatic heterocycles. The Labute approximate surface area is 220 Å². The van der Waals surface area contributed by atoms with Crippen molar-refractivity contribution in [1.29, 1.82) is 0 Å². The summed E-state index contributed by atoms with van der Waals surface area (Å²) in [5, 5.41) is 4.42. The number of benzene rings is 2. The van der Waals surface area contributed by atoms with E-state index >= 15 is 0 Å². The van der Waals surface area contributed by atoms with Crippen LogP contribution in [0.2, 0.25) is 28.2 Å². The second-order valence-electron chi connectivity index (χ2n) is 10.7. The highest BCUT2D eigenvalue weighted by molar-refractivity contribution is 7.80. The summed E-state index contributed by atoms with van der Waals surface area (Å²) in [6.07, 6.45) is 0.545. The zero-order valence-electron chi connectivity index (χ0n) is 20.7. The van der Waals surface area contributed by atoms with Crippen LogP contribution in [0.3, 0.4) is 0 Å². The monoisotopic (exact) mass is 536 g/mol. The SMILES string of the molecule is CC1(NC(=O)c2cccc(Cl)c2)CCN(CC(O[Si](C)(C)C(C)(C)C)c2cccc(Cl)c2)C1=S. The highest BCUT2D eigenvalue weighted by Crippen LogP contribution is 2.40. The highest BCUT2D eigenvalue weighted by atomic mass is 35.5. The van der Waals surface area contributed by atoms with E-state index in [-0.39, 0.29) is 17.0 Å². The number of halogens is 2. The van der Waals surface area contributed by atoms with Gasteiger partial charge in [0.2, 0.25) is 0 Å². The molecule has 1 aliphatic heterocycles. The van der Waals surface area contributed by atoms with Crippen LogP contribution in [0.15, 0.2) is 48.5 Å². The number of amides is 1. The summed E-state index contributed by atoms with van der Waals surface area (Å²) in [5.41, 5.74) is 0.939. The van der Waals surface area contributed by atoms with Crippen LogP contribution in [0.5, 0.6) is 0 Å². The minimum Gasteiger partial charge on any atom is -0.408 e. The summed E-state index contributed by atoms with van der Waals surface area (Å²) >= 11 is 18.3. The van der Waals surface area contributed by atoms with Gasteiger partial charge in [0.25, 0.3) is 5.91 Å². The molecule has 0 saturated carbocycles. The van der Waals surface area contributed by atoms with Crippen LogP contribution >= 0.6 is 35.4 Å². The number of hydrogen-bond acceptors (Lipinski definition) is 3. The number of nitrogens with zero attached hydrogens (tertiary/aromatic N) is 1. The fourth-order valence-electron chi connectivity index (χ4n) is 3.81. The van der Waals surface area contributed by atoms with E-state index in [9.17, 15) is 4.79 Å². The van der Waals surface area contributed by atoms with E-state index < -0.39 is 13.9 Å². The van der Waals surface area contributed by atoms with Crippen LogP contribution in [0.25, 0.3) is 0 Å². The molecule has 3 rings (SSSR count). The van der Waals surface area contributed by atoms with E-state index in [2.05, 4.69) is 50.1 Å². The topological polar surface area (TPSA) is 41.6 Å². The molecule has 2 unspecified atom stereocenters.